The molecule has 4 rings (SSSR count). The number of nitrogens with zero attached hydrogens (tertiary/aromatic N) is 1. The first-order valence-electron chi connectivity index (χ1n) is 12.3. The molecule has 5 nitrogen and oxygen atoms in total. The van der Waals surface area contributed by atoms with Crippen molar-refractivity contribution in [2.75, 3.05) is 18.1 Å². The highest BCUT2D eigenvalue weighted by molar-refractivity contribution is 6.34. The van der Waals surface area contributed by atoms with Gasteiger partial charge in [0.05, 0.1) is 22.6 Å². The molecule has 1 aliphatic carbocycles. The quantitative estimate of drug-likeness (QED) is 0.430. The first-order chi connectivity index (χ1) is 18.4. The van der Waals surface area contributed by atoms with Gasteiger partial charge in [-0.3, -0.25) is 9.59 Å². The number of fused-ring (bicyclic) bond motifs is 1. The molecule has 10 heteroatoms. The second-order valence-electron chi connectivity index (χ2n) is 9.90. The molecule has 0 saturated carbocycles. The zero-order chi connectivity index (χ0) is 28.5. The SMILES string of the molecule is C[C@@H]1CC=CC(C(=O)N2CCC(F)(F)C(C)(CO)c3cc(Cl)ccc32)=CC=C1NC(=O)c1cccc(F)c1Cl. The van der Waals surface area contributed by atoms with Crippen LogP contribution in [0.2, 0.25) is 10.0 Å². The lowest BCUT2D eigenvalue weighted by Gasteiger charge is -2.35. The zero-order valence-corrected chi connectivity index (χ0v) is 22.8. The molecule has 39 heavy (non-hydrogen) atoms. The van der Waals surface area contributed by atoms with Crippen LogP contribution < -0.4 is 10.2 Å². The van der Waals surface area contributed by atoms with Crippen LogP contribution in [0.4, 0.5) is 18.9 Å². The number of allylic oxidation sites excluding steroid dienone is 4. The molecule has 1 aliphatic heterocycles. The van der Waals surface area contributed by atoms with Crippen molar-refractivity contribution in [2.24, 2.45) is 5.92 Å². The number of nitrogens with one attached hydrogen (secondary N) is 1. The van der Waals surface area contributed by atoms with Crippen LogP contribution in [0.3, 0.4) is 0 Å². The number of rotatable bonds is 4. The Morgan fingerprint density at radius 2 is 1.92 bits per heavy atom. The number of aliphatic hydroxyl groups excluding tert-OH is 1. The fraction of sp³-hybridized carbons (Fsp3) is 0.310. The average Bonchev–Trinajstić information content (AvgIpc) is 2.97. The number of benzene rings is 2. The Morgan fingerprint density at radius 1 is 1.18 bits per heavy atom. The van der Waals surface area contributed by atoms with Gasteiger partial charge in [-0.2, -0.15) is 0 Å². The molecule has 2 aromatic carbocycles. The highest BCUT2D eigenvalue weighted by Crippen LogP contribution is 2.48. The summed E-state index contributed by atoms with van der Waals surface area (Å²) in [7, 11) is 0. The van der Waals surface area contributed by atoms with Crippen molar-refractivity contribution < 1.29 is 27.9 Å². The fourth-order valence-corrected chi connectivity index (χ4v) is 5.09. The van der Waals surface area contributed by atoms with Crippen molar-refractivity contribution in [1.29, 1.82) is 0 Å². The molecule has 2 aliphatic rings. The van der Waals surface area contributed by atoms with Gasteiger partial charge in [-0.1, -0.05) is 48.3 Å². The summed E-state index contributed by atoms with van der Waals surface area (Å²) >= 11 is 12.1. The number of carbonyl (C=O) groups is 2. The molecule has 0 fully saturated rings. The van der Waals surface area contributed by atoms with Crippen LogP contribution in [-0.2, 0) is 10.2 Å². The van der Waals surface area contributed by atoms with Gasteiger partial charge in [-0.05, 0) is 67.3 Å². The Morgan fingerprint density at radius 3 is 2.64 bits per heavy atom. The van der Waals surface area contributed by atoms with E-state index in [1.807, 2.05) is 6.92 Å². The number of carbonyl (C=O) groups excluding carboxylic acids is 2. The Hall–Kier alpha value is -3.07. The standard InChI is InChI=1S/C29H27Cl2F3N2O3/c1-17-5-3-6-18(9-11-23(17)35-26(38)20-7-4-8-22(32)25(20)31)27(39)36-14-13-29(33,34)28(2,16-37)21-15-19(30)10-12-24(21)36/h3-4,6-12,15,17,37H,5,13-14,16H2,1-2H3,(H,35,38)/t17-,28?/m1/s1. The van der Waals surface area contributed by atoms with E-state index in [2.05, 4.69) is 5.32 Å². The monoisotopic (exact) mass is 578 g/mol. The van der Waals surface area contributed by atoms with Crippen LogP contribution in [0, 0.1) is 11.7 Å². The topological polar surface area (TPSA) is 69.6 Å². The van der Waals surface area contributed by atoms with Crippen LogP contribution in [0.25, 0.3) is 0 Å². The first-order valence-corrected chi connectivity index (χ1v) is 13.1. The Labute approximate surface area is 234 Å². The maximum Gasteiger partial charge on any atom is 0.261 e. The molecule has 0 aromatic heterocycles. The lowest BCUT2D eigenvalue weighted by atomic mass is 9.76. The lowest BCUT2D eigenvalue weighted by Crippen LogP contribution is -2.45. The maximum atomic E-state index is 15.3. The first kappa shape index (κ1) is 28.9. The predicted octanol–water partition coefficient (Wildman–Crippen LogP) is 6.59. The van der Waals surface area contributed by atoms with Gasteiger partial charge < -0.3 is 15.3 Å². The number of amides is 2. The third-order valence-electron chi connectivity index (χ3n) is 7.32. The summed E-state index contributed by atoms with van der Waals surface area (Å²) < 4.78 is 44.4. The second-order valence-corrected chi connectivity index (χ2v) is 10.7. The number of halogens is 5. The maximum absolute atomic E-state index is 15.3. The molecule has 0 saturated heterocycles. The van der Waals surface area contributed by atoms with Crippen LogP contribution in [0.1, 0.15) is 42.6 Å². The third kappa shape index (κ3) is 5.51. The molecule has 2 aromatic rings. The van der Waals surface area contributed by atoms with Crippen molar-refractivity contribution in [3.05, 3.63) is 99.0 Å². The molecule has 0 radical (unpaired) electrons. The summed E-state index contributed by atoms with van der Waals surface area (Å²) in [6.07, 6.45) is 6.24. The molecular weight excluding hydrogens is 552 g/mol. The van der Waals surface area contributed by atoms with E-state index in [4.69, 9.17) is 23.2 Å². The molecular formula is C29H27Cl2F3N2O3. The largest absolute Gasteiger partial charge is 0.395 e. The normalized spacial score (nSPS) is 22.6. The Kier molecular flexibility index (Phi) is 8.30. The fourth-order valence-electron chi connectivity index (χ4n) is 4.71. The predicted molar refractivity (Wildman–Crippen MR) is 146 cm³/mol. The number of hydrogen-bond acceptors (Lipinski definition) is 3. The van der Waals surface area contributed by atoms with Crippen LogP contribution in [-0.4, -0.2) is 36.0 Å². The zero-order valence-electron chi connectivity index (χ0n) is 21.3. The smallest absolute Gasteiger partial charge is 0.261 e. The summed E-state index contributed by atoms with van der Waals surface area (Å²) in [5.41, 5.74) is -0.991. The molecule has 1 heterocycles. The van der Waals surface area contributed by atoms with Crippen LogP contribution in [0.15, 0.2) is 72.0 Å². The van der Waals surface area contributed by atoms with Crippen molar-refractivity contribution in [3.8, 4) is 0 Å². The van der Waals surface area contributed by atoms with E-state index in [9.17, 15) is 19.1 Å². The second kappa shape index (κ2) is 11.2. The molecule has 2 N–H and O–H groups in total. The van der Waals surface area contributed by atoms with Crippen molar-refractivity contribution in [1.82, 2.24) is 5.32 Å². The van der Waals surface area contributed by atoms with Crippen LogP contribution >= 0.6 is 23.2 Å². The number of aliphatic hydroxyl groups is 1. The minimum atomic E-state index is -3.31. The van der Waals surface area contributed by atoms with Crippen molar-refractivity contribution >= 4 is 40.7 Å². The van der Waals surface area contributed by atoms with Gasteiger partial charge in [0.25, 0.3) is 17.7 Å². The van der Waals surface area contributed by atoms with Gasteiger partial charge in [-0.25, -0.2) is 13.2 Å². The van der Waals surface area contributed by atoms with E-state index >= 15 is 8.78 Å². The van der Waals surface area contributed by atoms with Gasteiger partial charge in [0.2, 0.25) is 0 Å². The summed E-state index contributed by atoms with van der Waals surface area (Å²) in [5, 5.41) is 12.7. The minimum Gasteiger partial charge on any atom is -0.395 e. The van der Waals surface area contributed by atoms with Gasteiger partial charge in [0, 0.05) is 34.9 Å². The minimum absolute atomic E-state index is 0.0321. The van der Waals surface area contributed by atoms with Gasteiger partial charge >= 0.3 is 0 Å². The van der Waals surface area contributed by atoms with Crippen LogP contribution in [0.5, 0.6) is 0 Å². The Balaban J connectivity index is 1.70. The van der Waals surface area contributed by atoms with E-state index in [1.54, 1.807) is 18.2 Å². The van der Waals surface area contributed by atoms with E-state index in [0.717, 1.165) is 6.07 Å². The van der Waals surface area contributed by atoms with Crippen molar-refractivity contribution in [3.63, 3.8) is 0 Å². The summed E-state index contributed by atoms with van der Waals surface area (Å²) in [6.45, 7) is 2.01. The van der Waals surface area contributed by atoms with Crippen molar-refractivity contribution in [2.45, 2.75) is 38.0 Å². The van der Waals surface area contributed by atoms with E-state index < -0.39 is 42.0 Å². The van der Waals surface area contributed by atoms with Gasteiger partial charge in [0.15, 0.2) is 0 Å². The third-order valence-corrected chi connectivity index (χ3v) is 7.94. The summed E-state index contributed by atoms with van der Waals surface area (Å²) in [6, 6.07) is 8.31. The van der Waals surface area contributed by atoms with Gasteiger partial charge in [-0.15, -0.1) is 0 Å². The molecule has 1 unspecified atom stereocenters. The van der Waals surface area contributed by atoms with Gasteiger partial charge in [0.1, 0.15) is 5.82 Å². The molecule has 0 spiro atoms. The highest BCUT2D eigenvalue weighted by Gasteiger charge is 2.54. The van der Waals surface area contributed by atoms with E-state index in [-0.39, 0.29) is 44.9 Å². The summed E-state index contributed by atoms with van der Waals surface area (Å²) in [4.78, 5) is 27.8. The molecule has 2 amide bonds. The Bertz CT molecular complexity index is 1410. The summed E-state index contributed by atoms with van der Waals surface area (Å²) in [5.74, 6) is -5.33. The van der Waals surface area contributed by atoms with E-state index in [0.29, 0.717) is 12.1 Å². The molecule has 206 valence electrons. The number of anilines is 1. The lowest BCUT2D eigenvalue weighted by molar-refractivity contribution is -0.115. The number of hydrogen-bond donors (Lipinski definition) is 2. The molecule has 0 bridgehead atoms. The highest BCUT2D eigenvalue weighted by atomic mass is 35.5. The number of alkyl halides is 2. The van der Waals surface area contributed by atoms with E-state index in [1.165, 1.54) is 48.2 Å². The molecule has 2 atom stereocenters. The average molecular weight is 579 g/mol.